The lowest BCUT2D eigenvalue weighted by molar-refractivity contribution is 0.0953. The van der Waals surface area contributed by atoms with E-state index >= 15 is 0 Å². The second-order valence-electron chi connectivity index (χ2n) is 3.45. The van der Waals surface area contributed by atoms with Crippen LogP contribution in [0.3, 0.4) is 0 Å². The van der Waals surface area contributed by atoms with Crippen LogP contribution >= 0.6 is 11.3 Å². The maximum Gasteiger partial charge on any atom is 0.252 e. The van der Waals surface area contributed by atoms with Gasteiger partial charge in [0.25, 0.3) is 5.91 Å². The van der Waals surface area contributed by atoms with Crippen molar-refractivity contribution in [3.05, 3.63) is 52.2 Å². The van der Waals surface area contributed by atoms with E-state index in [0.29, 0.717) is 12.1 Å². The molecule has 0 radical (unpaired) electrons. The van der Waals surface area contributed by atoms with Crippen LogP contribution in [0.5, 0.6) is 0 Å². The number of nitrogens with zero attached hydrogens (tertiary/aromatic N) is 1. The van der Waals surface area contributed by atoms with Gasteiger partial charge in [0.1, 0.15) is 0 Å². The van der Waals surface area contributed by atoms with Gasteiger partial charge in [0.15, 0.2) is 0 Å². The first kappa shape index (κ1) is 11.7. The quantitative estimate of drug-likeness (QED) is 0.846. The largest absolute Gasteiger partial charge is 0.352 e. The van der Waals surface area contributed by atoms with Gasteiger partial charge in [0.05, 0.1) is 5.56 Å². The Balaban J connectivity index is 1.83. The van der Waals surface area contributed by atoms with Gasteiger partial charge in [-0.25, -0.2) is 4.98 Å². The number of amides is 1. The Labute approximate surface area is 102 Å². The molecule has 2 rings (SSSR count). The third kappa shape index (κ3) is 3.35. The van der Waals surface area contributed by atoms with Gasteiger partial charge in [-0.05, 0) is 30.0 Å². The molecular formula is C12H11FN2OS. The van der Waals surface area contributed by atoms with E-state index in [-0.39, 0.29) is 5.91 Å². The van der Waals surface area contributed by atoms with E-state index in [2.05, 4.69) is 10.3 Å². The van der Waals surface area contributed by atoms with Crippen LogP contribution in [0.4, 0.5) is 4.39 Å². The first-order chi connectivity index (χ1) is 8.25. The van der Waals surface area contributed by atoms with Crippen LogP contribution in [0.1, 0.15) is 15.2 Å². The lowest BCUT2D eigenvalue weighted by Gasteiger charge is -2.03. The maximum absolute atomic E-state index is 12.5. The molecule has 0 aliphatic rings. The molecule has 0 spiro atoms. The molecule has 1 N–H and O–H groups in total. The van der Waals surface area contributed by atoms with Crippen LogP contribution in [-0.4, -0.2) is 17.4 Å². The van der Waals surface area contributed by atoms with Gasteiger partial charge in [0, 0.05) is 17.6 Å². The number of nitrogens with one attached hydrogen (secondary N) is 1. The van der Waals surface area contributed by atoms with E-state index in [1.807, 2.05) is 17.5 Å². The fraction of sp³-hybridized carbons (Fsp3) is 0.167. The molecule has 0 aliphatic carbocycles. The van der Waals surface area contributed by atoms with Crippen molar-refractivity contribution >= 4 is 17.2 Å². The first-order valence-electron chi connectivity index (χ1n) is 5.18. The molecule has 3 nitrogen and oxygen atoms in total. The van der Waals surface area contributed by atoms with Crippen molar-refractivity contribution < 1.29 is 9.18 Å². The van der Waals surface area contributed by atoms with Gasteiger partial charge in [-0.15, -0.1) is 11.3 Å². The number of pyridine rings is 1. The third-order valence-corrected chi connectivity index (χ3v) is 3.16. The number of hydrogen-bond acceptors (Lipinski definition) is 3. The minimum absolute atomic E-state index is 0.228. The van der Waals surface area contributed by atoms with E-state index in [9.17, 15) is 9.18 Å². The van der Waals surface area contributed by atoms with Gasteiger partial charge in [-0.1, -0.05) is 6.07 Å². The van der Waals surface area contributed by atoms with Crippen LogP contribution < -0.4 is 5.32 Å². The Bertz CT molecular complexity index is 482. The van der Waals surface area contributed by atoms with Crippen LogP contribution in [-0.2, 0) is 6.42 Å². The standard InChI is InChI=1S/C12H11FN2OS/c13-11-4-3-9(8-15-11)12(16)14-6-5-10-2-1-7-17-10/h1-4,7-8H,5-6H2,(H,14,16). The summed E-state index contributed by atoms with van der Waals surface area (Å²) in [6.45, 7) is 0.566. The Morgan fingerprint density at radius 3 is 2.94 bits per heavy atom. The molecule has 0 saturated heterocycles. The molecule has 88 valence electrons. The fourth-order valence-corrected chi connectivity index (χ4v) is 2.08. The van der Waals surface area contributed by atoms with Crippen molar-refractivity contribution in [1.29, 1.82) is 0 Å². The van der Waals surface area contributed by atoms with Gasteiger partial charge < -0.3 is 5.32 Å². The molecule has 2 aromatic rings. The Hall–Kier alpha value is -1.75. The highest BCUT2D eigenvalue weighted by atomic mass is 32.1. The van der Waals surface area contributed by atoms with Gasteiger partial charge in [-0.3, -0.25) is 4.79 Å². The average Bonchev–Trinajstić information content (AvgIpc) is 2.83. The summed E-state index contributed by atoms with van der Waals surface area (Å²) in [5, 5.41) is 4.76. The molecule has 5 heteroatoms. The number of hydrogen-bond donors (Lipinski definition) is 1. The molecule has 2 aromatic heterocycles. The monoisotopic (exact) mass is 250 g/mol. The van der Waals surface area contributed by atoms with E-state index in [1.165, 1.54) is 23.2 Å². The highest BCUT2D eigenvalue weighted by Gasteiger charge is 2.05. The number of rotatable bonds is 4. The van der Waals surface area contributed by atoms with E-state index in [0.717, 1.165) is 6.42 Å². The summed E-state index contributed by atoms with van der Waals surface area (Å²) < 4.78 is 12.5. The Kier molecular flexibility index (Phi) is 3.82. The fourth-order valence-electron chi connectivity index (χ4n) is 1.37. The molecule has 2 heterocycles. The summed E-state index contributed by atoms with van der Waals surface area (Å²) in [6, 6.07) is 6.60. The molecular weight excluding hydrogens is 239 g/mol. The first-order valence-corrected chi connectivity index (χ1v) is 6.06. The van der Waals surface area contributed by atoms with Crippen LogP contribution in [0, 0.1) is 5.95 Å². The summed E-state index contributed by atoms with van der Waals surface area (Å²) in [4.78, 5) is 16.3. The van der Waals surface area contributed by atoms with Crippen LogP contribution in [0.25, 0.3) is 0 Å². The number of halogens is 1. The second-order valence-corrected chi connectivity index (χ2v) is 4.49. The van der Waals surface area contributed by atoms with E-state index < -0.39 is 5.95 Å². The number of carbonyl (C=O) groups excluding carboxylic acids is 1. The molecule has 0 aliphatic heterocycles. The summed E-state index contributed by atoms with van der Waals surface area (Å²) in [5.41, 5.74) is 0.373. The Morgan fingerprint density at radius 2 is 2.29 bits per heavy atom. The van der Waals surface area contributed by atoms with Crippen molar-refractivity contribution in [2.45, 2.75) is 6.42 Å². The van der Waals surface area contributed by atoms with Crippen molar-refractivity contribution in [2.75, 3.05) is 6.54 Å². The van der Waals surface area contributed by atoms with Crippen molar-refractivity contribution in [2.24, 2.45) is 0 Å². The molecule has 0 atom stereocenters. The topological polar surface area (TPSA) is 42.0 Å². The lowest BCUT2D eigenvalue weighted by atomic mass is 10.2. The van der Waals surface area contributed by atoms with Gasteiger partial charge in [0.2, 0.25) is 5.95 Å². The van der Waals surface area contributed by atoms with Crippen molar-refractivity contribution in [1.82, 2.24) is 10.3 Å². The molecule has 0 unspecified atom stereocenters. The zero-order valence-electron chi connectivity index (χ0n) is 9.02. The smallest absolute Gasteiger partial charge is 0.252 e. The van der Waals surface area contributed by atoms with Crippen LogP contribution in [0.2, 0.25) is 0 Å². The zero-order valence-corrected chi connectivity index (χ0v) is 9.84. The summed E-state index contributed by atoms with van der Waals surface area (Å²) in [5.74, 6) is -0.811. The summed E-state index contributed by atoms with van der Waals surface area (Å²) in [7, 11) is 0. The Morgan fingerprint density at radius 1 is 1.41 bits per heavy atom. The van der Waals surface area contributed by atoms with Gasteiger partial charge >= 0.3 is 0 Å². The zero-order chi connectivity index (χ0) is 12.1. The predicted molar refractivity (Wildman–Crippen MR) is 64.6 cm³/mol. The summed E-state index contributed by atoms with van der Waals surface area (Å²) in [6.07, 6.45) is 2.04. The van der Waals surface area contributed by atoms with Gasteiger partial charge in [-0.2, -0.15) is 4.39 Å². The molecule has 0 aromatic carbocycles. The number of aromatic nitrogens is 1. The molecule has 17 heavy (non-hydrogen) atoms. The SMILES string of the molecule is O=C(NCCc1cccs1)c1ccc(F)nc1. The van der Waals surface area contributed by atoms with Crippen LogP contribution in [0.15, 0.2) is 35.8 Å². The average molecular weight is 250 g/mol. The van der Waals surface area contributed by atoms with E-state index in [1.54, 1.807) is 11.3 Å². The van der Waals surface area contributed by atoms with E-state index in [4.69, 9.17) is 0 Å². The maximum atomic E-state index is 12.5. The molecule has 1 amide bonds. The molecule has 0 bridgehead atoms. The predicted octanol–water partition coefficient (Wildman–Crippen LogP) is 2.25. The molecule has 0 saturated carbocycles. The highest BCUT2D eigenvalue weighted by molar-refractivity contribution is 7.09. The normalized spacial score (nSPS) is 10.2. The summed E-state index contributed by atoms with van der Waals surface area (Å²) >= 11 is 1.66. The highest BCUT2D eigenvalue weighted by Crippen LogP contribution is 2.08. The third-order valence-electron chi connectivity index (χ3n) is 2.23. The lowest BCUT2D eigenvalue weighted by Crippen LogP contribution is -2.25. The minimum atomic E-state index is -0.583. The molecule has 0 fully saturated rings. The minimum Gasteiger partial charge on any atom is -0.352 e. The van der Waals surface area contributed by atoms with Crippen molar-refractivity contribution in [3.63, 3.8) is 0 Å². The number of carbonyl (C=O) groups is 1. The van der Waals surface area contributed by atoms with Crippen molar-refractivity contribution in [3.8, 4) is 0 Å². The number of thiophene rings is 1. The second kappa shape index (κ2) is 5.54.